The van der Waals surface area contributed by atoms with Crippen LogP contribution in [0, 0.1) is 13.8 Å². The lowest BCUT2D eigenvalue weighted by atomic mass is 10.1. The number of nitrogens with zero attached hydrogens (tertiary/aromatic N) is 2. The summed E-state index contributed by atoms with van der Waals surface area (Å²) in [5, 5.41) is 0.800. The van der Waals surface area contributed by atoms with Gasteiger partial charge in [0.2, 0.25) is 10.0 Å². The molecule has 0 amide bonds. The van der Waals surface area contributed by atoms with Gasteiger partial charge in [-0.15, -0.1) is 0 Å². The standard InChI is InChI=1S/C17H20N2O2S2/c1-13-5-6-15(11-14(13)2)22-17-8-7-16(12-18-17)23(20,21)19-9-3-4-10-19/h5-8,11-12H,3-4,9-10H2,1-2H3. The highest BCUT2D eigenvalue weighted by molar-refractivity contribution is 7.99. The van der Waals surface area contributed by atoms with E-state index in [1.807, 2.05) is 0 Å². The normalized spacial score (nSPS) is 15.9. The van der Waals surface area contributed by atoms with Crippen molar-refractivity contribution in [2.45, 2.75) is 41.5 Å². The molecule has 2 aromatic rings. The highest BCUT2D eigenvalue weighted by atomic mass is 32.2. The summed E-state index contributed by atoms with van der Waals surface area (Å²) < 4.78 is 26.5. The Bertz CT molecular complexity index is 796. The van der Waals surface area contributed by atoms with Crippen LogP contribution in [0.1, 0.15) is 24.0 Å². The number of pyridine rings is 1. The summed E-state index contributed by atoms with van der Waals surface area (Å²) in [7, 11) is -3.38. The Morgan fingerprint density at radius 3 is 2.39 bits per heavy atom. The number of aryl methyl sites for hydroxylation is 2. The number of aromatic nitrogens is 1. The molecule has 2 heterocycles. The summed E-state index contributed by atoms with van der Waals surface area (Å²) in [6, 6.07) is 9.71. The minimum Gasteiger partial charge on any atom is -0.248 e. The van der Waals surface area contributed by atoms with Crippen molar-refractivity contribution in [3.63, 3.8) is 0 Å². The van der Waals surface area contributed by atoms with Crippen LogP contribution < -0.4 is 0 Å². The summed E-state index contributed by atoms with van der Waals surface area (Å²) in [6.45, 7) is 5.39. The van der Waals surface area contributed by atoms with E-state index in [1.54, 1.807) is 28.2 Å². The SMILES string of the molecule is Cc1ccc(Sc2ccc(S(=O)(=O)N3CCCC3)cn2)cc1C. The lowest BCUT2D eigenvalue weighted by Crippen LogP contribution is -2.27. The number of hydrogen-bond donors (Lipinski definition) is 0. The Balaban J connectivity index is 1.77. The van der Waals surface area contributed by atoms with E-state index in [2.05, 4.69) is 37.0 Å². The lowest BCUT2D eigenvalue weighted by molar-refractivity contribution is 0.477. The van der Waals surface area contributed by atoms with Crippen LogP contribution in [0.4, 0.5) is 0 Å². The molecule has 122 valence electrons. The van der Waals surface area contributed by atoms with Gasteiger partial charge >= 0.3 is 0 Å². The first-order valence-electron chi connectivity index (χ1n) is 7.68. The van der Waals surface area contributed by atoms with Crippen LogP contribution in [0.15, 0.2) is 51.3 Å². The summed E-state index contributed by atoms with van der Waals surface area (Å²) >= 11 is 1.54. The maximum Gasteiger partial charge on any atom is 0.244 e. The molecule has 0 radical (unpaired) electrons. The van der Waals surface area contributed by atoms with Crippen LogP contribution in [-0.2, 0) is 10.0 Å². The third kappa shape index (κ3) is 3.59. The molecule has 0 spiro atoms. The maximum atomic E-state index is 12.5. The van der Waals surface area contributed by atoms with Crippen molar-refractivity contribution >= 4 is 21.8 Å². The third-order valence-electron chi connectivity index (χ3n) is 4.11. The van der Waals surface area contributed by atoms with Gasteiger partial charge < -0.3 is 0 Å². The summed E-state index contributed by atoms with van der Waals surface area (Å²) in [4.78, 5) is 5.71. The molecule has 1 fully saturated rings. The highest BCUT2D eigenvalue weighted by Crippen LogP contribution is 2.28. The summed E-state index contributed by atoms with van der Waals surface area (Å²) in [5.74, 6) is 0. The van der Waals surface area contributed by atoms with Crippen molar-refractivity contribution in [1.82, 2.24) is 9.29 Å². The summed E-state index contributed by atoms with van der Waals surface area (Å²) in [5.41, 5.74) is 2.50. The Morgan fingerprint density at radius 2 is 1.78 bits per heavy atom. The Hall–Kier alpha value is -1.37. The predicted octanol–water partition coefficient (Wildman–Crippen LogP) is 3.63. The van der Waals surface area contributed by atoms with Crippen molar-refractivity contribution in [3.05, 3.63) is 47.7 Å². The average molecular weight is 348 g/mol. The molecule has 4 nitrogen and oxygen atoms in total. The monoisotopic (exact) mass is 348 g/mol. The number of sulfonamides is 1. The molecule has 6 heteroatoms. The zero-order valence-corrected chi connectivity index (χ0v) is 15.0. The molecule has 0 bridgehead atoms. The van der Waals surface area contributed by atoms with Crippen LogP contribution in [0.3, 0.4) is 0 Å². The van der Waals surface area contributed by atoms with Crippen LogP contribution >= 0.6 is 11.8 Å². The molecule has 0 N–H and O–H groups in total. The van der Waals surface area contributed by atoms with Crippen LogP contribution in [0.2, 0.25) is 0 Å². The van der Waals surface area contributed by atoms with Gasteiger partial charge in [0.05, 0.1) is 0 Å². The van der Waals surface area contributed by atoms with Crippen molar-refractivity contribution in [2.75, 3.05) is 13.1 Å². The molecule has 1 aliphatic rings. The highest BCUT2D eigenvalue weighted by Gasteiger charge is 2.27. The number of hydrogen-bond acceptors (Lipinski definition) is 4. The minimum atomic E-state index is -3.38. The molecule has 1 saturated heterocycles. The van der Waals surface area contributed by atoms with Gasteiger partial charge in [-0.1, -0.05) is 17.8 Å². The van der Waals surface area contributed by atoms with Crippen molar-refractivity contribution in [1.29, 1.82) is 0 Å². The van der Waals surface area contributed by atoms with Crippen LogP contribution in [0.5, 0.6) is 0 Å². The molecule has 0 aliphatic carbocycles. The topological polar surface area (TPSA) is 50.3 Å². The Labute approximate surface area is 142 Å². The van der Waals surface area contributed by atoms with E-state index >= 15 is 0 Å². The van der Waals surface area contributed by atoms with Gasteiger partial charge in [-0.25, -0.2) is 13.4 Å². The molecule has 23 heavy (non-hydrogen) atoms. The van der Waals surface area contributed by atoms with Crippen LogP contribution in [-0.4, -0.2) is 30.8 Å². The number of rotatable bonds is 4. The van der Waals surface area contributed by atoms with Gasteiger partial charge in [0.25, 0.3) is 0 Å². The van der Waals surface area contributed by atoms with Crippen molar-refractivity contribution < 1.29 is 8.42 Å². The van der Waals surface area contributed by atoms with Gasteiger partial charge in [-0.05, 0) is 62.1 Å². The molecular weight excluding hydrogens is 328 g/mol. The fourth-order valence-corrected chi connectivity index (χ4v) is 4.87. The minimum absolute atomic E-state index is 0.281. The van der Waals surface area contributed by atoms with E-state index in [1.165, 1.54) is 17.3 Å². The van der Waals surface area contributed by atoms with E-state index in [0.717, 1.165) is 22.8 Å². The first kappa shape index (κ1) is 16.5. The zero-order valence-electron chi connectivity index (χ0n) is 13.3. The van der Waals surface area contributed by atoms with E-state index in [9.17, 15) is 8.42 Å². The van der Waals surface area contributed by atoms with E-state index in [-0.39, 0.29) is 4.90 Å². The van der Waals surface area contributed by atoms with E-state index < -0.39 is 10.0 Å². The zero-order chi connectivity index (χ0) is 16.4. The molecule has 0 atom stereocenters. The second-order valence-electron chi connectivity index (χ2n) is 5.79. The van der Waals surface area contributed by atoms with Crippen LogP contribution in [0.25, 0.3) is 0 Å². The van der Waals surface area contributed by atoms with Crippen molar-refractivity contribution in [2.24, 2.45) is 0 Å². The fourth-order valence-electron chi connectivity index (χ4n) is 2.56. The Morgan fingerprint density at radius 1 is 1.04 bits per heavy atom. The maximum absolute atomic E-state index is 12.5. The Kier molecular flexibility index (Phi) is 4.75. The van der Waals surface area contributed by atoms with Gasteiger partial charge in [0, 0.05) is 24.2 Å². The molecule has 1 aliphatic heterocycles. The average Bonchev–Trinajstić information content (AvgIpc) is 3.07. The molecular formula is C17H20N2O2S2. The van der Waals surface area contributed by atoms with E-state index in [0.29, 0.717) is 13.1 Å². The van der Waals surface area contributed by atoms with Gasteiger partial charge in [0.15, 0.2) is 0 Å². The van der Waals surface area contributed by atoms with Gasteiger partial charge in [-0.3, -0.25) is 0 Å². The molecule has 1 aromatic heterocycles. The largest absolute Gasteiger partial charge is 0.248 e. The predicted molar refractivity (Wildman–Crippen MR) is 92.3 cm³/mol. The first-order chi connectivity index (χ1) is 11.0. The lowest BCUT2D eigenvalue weighted by Gasteiger charge is -2.15. The second kappa shape index (κ2) is 6.63. The number of benzene rings is 1. The summed E-state index contributed by atoms with van der Waals surface area (Å²) in [6.07, 6.45) is 3.35. The quantitative estimate of drug-likeness (QED) is 0.846. The second-order valence-corrected chi connectivity index (χ2v) is 8.82. The fraction of sp³-hybridized carbons (Fsp3) is 0.353. The smallest absolute Gasteiger partial charge is 0.244 e. The first-order valence-corrected chi connectivity index (χ1v) is 9.94. The van der Waals surface area contributed by atoms with Gasteiger partial charge in [-0.2, -0.15) is 4.31 Å². The molecule has 3 rings (SSSR count). The molecule has 0 saturated carbocycles. The molecule has 0 unspecified atom stereocenters. The van der Waals surface area contributed by atoms with E-state index in [4.69, 9.17) is 0 Å². The van der Waals surface area contributed by atoms with Gasteiger partial charge in [0.1, 0.15) is 9.92 Å². The molecule has 1 aromatic carbocycles. The third-order valence-corrected chi connectivity index (χ3v) is 6.94. The van der Waals surface area contributed by atoms with Crippen molar-refractivity contribution in [3.8, 4) is 0 Å².